The van der Waals surface area contributed by atoms with Crippen molar-refractivity contribution in [2.75, 3.05) is 7.11 Å². The molecule has 2 aromatic rings. The molecule has 120 valence electrons. The summed E-state index contributed by atoms with van der Waals surface area (Å²) in [5, 5.41) is 2.46. The Labute approximate surface area is 133 Å². The number of halogens is 1. The van der Waals surface area contributed by atoms with E-state index in [9.17, 15) is 12.8 Å². The zero-order chi connectivity index (χ0) is 16.3. The average Bonchev–Trinajstić information content (AvgIpc) is 3.01. The number of sulfonamides is 1. The lowest BCUT2D eigenvalue weighted by molar-refractivity contribution is 0.384. The monoisotopic (exact) mass is 344 g/mol. The van der Waals surface area contributed by atoms with Gasteiger partial charge in [0.15, 0.2) is 11.6 Å². The molecule has 0 bridgehead atoms. The first-order valence-corrected chi connectivity index (χ1v) is 9.01. The summed E-state index contributed by atoms with van der Waals surface area (Å²) in [4.78, 5) is 4.03. The Bertz CT molecular complexity index is 746. The third-order valence-electron chi connectivity index (χ3n) is 3.27. The molecule has 0 amide bonds. The molecule has 0 saturated heterocycles. The highest BCUT2D eigenvalue weighted by atomic mass is 32.2. The normalized spacial score (nSPS) is 13.1. The van der Waals surface area contributed by atoms with Crippen molar-refractivity contribution in [1.29, 1.82) is 0 Å². The molecular weight excluding hydrogens is 327 g/mol. The number of thiazole rings is 1. The molecule has 8 heteroatoms. The third-order valence-corrected chi connectivity index (χ3v) is 5.77. The summed E-state index contributed by atoms with van der Waals surface area (Å²) in [6.45, 7) is 3.27. The molecule has 1 heterocycles. The maximum atomic E-state index is 14.1. The van der Waals surface area contributed by atoms with E-state index in [-0.39, 0.29) is 16.2 Å². The smallest absolute Gasteiger partial charge is 0.241 e. The Kier molecular flexibility index (Phi) is 5.15. The van der Waals surface area contributed by atoms with E-state index >= 15 is 0 Å². The predicted molar refractivity (Wildman–Crippen MR) is 83.2 cm³/mol. The van der Waals surface area contributed by atoms with Gasteiger partial charge in [-0.3, -0.25) is 0 Å². The van der Waals surface area contributed by atoms with Crippen molar-refractivity contribution >= 4 is 21.4 Å². The summed E-state index contributed by atoms with van der Waals surface area (Å²) in [7, 11) is -2.52. The molecule has 1 aromatic heterocycles. The van der Waals surface area contributed by atoms with Crippen molar-refractivity contribution in [2.24, 2.45) is 0 Å². The first-order valence-electron chi connectivity index (χ1n) is 6.65. The Morgan fingerprint density at radius 2 is 2.18 bits per heavy atom. The summed E-state index contributed by atoms with van der Waals surface area (Å²) >= 11 is 1.37. The summed E-state index contributed by atoms with van der Waals surface area (Å²) < 4.78 is 46.5. The Balaban J connectivity index is 2.37. The minimum absolute atomic E-state index is 0.0171. The van der Waals surface area contributed by atoms with Crippen molar-refractivity contribution in [2.45, 2.75) is 31.2 Å². The number of hydrogen-bond donors (Lipinski definition) is 1. The maximum Gasteiger partial charge on any atom is 0.241 e. The molecule has 0 saturated carbocycles. The van der Waals surface area contributed by atoms with E-state index < -0.39 is 21.9 Å². The number of hydrogen-bond acceptors (Lipinski definition) is 5. The Morgan fingerprint density at radius 3 is 2.73 bits per heavy atom. The Morgan fingerprint density at radius 1 is 1.45 bits per heavy atom. The summed E-state index contributed by atoms with van der Waals surface area (Å²) in [6, 6.07) is 2.21. The molecule has 22 heavy (non-hydrogen) atoms. The van der Waals surface area contributed by atoms with Crippen LogP contribution in [0.25, 0.3) is 0 Å². The molecule has 0 aliphatic rings. The molecule has 5 nitrogen and oxygen atoms in total. The maximum absolute atomic E-state index is 14.1. The van der Waals surface area contributed by atoms with Crippen LogP contribution in [0.2, 0.25) is 0 Å². The second-order valence-electron chi connectivity index (χ2n) is 4.66. The molecule has 1 unspecified atom stereocenters. The average molecular weight is 344 g/mol. The number of aromatic nitrogens is 1. The van der Waals surface area contributed by atoms with Crippen LogP contribution in [0.15, 0.2) is 28.6 Å². The van der Waals surface area contributed by atoms with Gasteiger partial charge in [-0.2, -0.15) is 0 Å². The fourth-order valence-electron chi connectivity index (χ4n) is 2.06. The van der Waals surface area contributed by atoms with Gasteiger partial charge in [-0.05, 0) is 25.5 Å². The van der Waals surface area contributed by atoms with Gasteiger partial charge >= 0.3 is 0 Å². The van der Waals surface area contributed by atoms with Crippen LogP contribution in [-0.4, -0.2) is 20.5 Å². The van der Waals surface area contributed by atoms with E-state index in [2.05, 4.69) is 9.71 Å². The molecule has 0 aliphatic carbocycles. The lowest BCUT2D eigenvalue weighted by Crippen LogP contribution is -2.29. The zero-order valence-electron chi connectivity index (χ0n) is 12.5. The fraction of sp³-hybridized carbons (Fsp3) is 0.357. The standard InChI is InChI=1S/C14H17FN2O3S2/c1-4-10(14-16-7-8-21-14)17-22(18,19)12-6-5-11(20-3)13(15)9(12)2/h5-8,10,17H,4H2,1-3H3. The van der Waals surface area contributed by atoms with Crippen LogP contribution in [0.3, 0.4) is 0 Å². The number of nitrogens with one attached hydrogen (secondary N) is 1. The fourth-order valence-corrected chi connectivity index (χ4v) is 4.42. The van der Waals surface area contributed by atoms with Gasteiger partial charge in [0.2, 0.25) is 10.0 Å². The van der Waals surface area contributed by atoms with Crippen LogP contribution in [-0.2, 0) is 10.0 Å². The minimum Gasteiger partial charge on any atom is -0.494 e. The van der Waals surface area contributed by atoms with Gasteiger partial charge in [0, 0.05) is 17.1 Å². The molecule has 0 spiro atoms. The predicted octanol–water partition coefficient (Wildman–Crippen LogP) is 3.03. The number of nitrogens with zero attached hydrogens (tertiary/aromatic N) is 1. The molecule has 0 aliphatic heterocycles. The van der Waals surface area contributed by atoms with Crippen molar-refractivity contribution in [3.05, 3.63) is 40.1 Å². The van der Waals surface area contributed by atoms with Crippen molar-refractivity contribution in [3.63, 3.8) is 0 Å². The topological polar surface area (TPSA) is 68.3 Å². The first-order chi connectivity index (χ1) is 10.4. The lowest BCUT2D eigenvalue weighted by Gasteiger charge is -2.16. The van der Waals surface area contributed by atoms with Crippen LogP contribution >= 0.6 is 11.3 Å². The summed E-state index contributed by atoms with van der Waals surface area (Å²) in [5.41, 5.74) is 0.0286. The van der Waals surface area contributed by atoms with Gasteiger partial charge in [-0.1, -0.05) is 6.92 Å². The lowest BCUT2D eigenvalue weighted by atomic mass is 10.2. The van der Waals surface area contributed by atoms with Gasteiger partial charge in [0.05, 0.1) is 18.0 Å². The van der Waals surface area contributed by atoms with Gasteiger partial charge in [-0.25, -0.2) is 22.5 Å². The van der Waals surface area contributed by atoms with Crippen LogP contribution in [0.5, 0.6) is 5.75 Å². The SMILES string of the molecule is CCC(NS(=O)(=O)c1ccc(OC)c(F)c1C)c1nccs1. The van der Waals surface area contributed by atoms with Crippen molar-refractivity contribution in [3.8, 4) is 5.75 Å². The number of methoxy groups -OCH3 is 1. The van der Waals surface area contributed by atoms with E-state index in [0.29, 0.717) is 11.4 Å². The van der Waals surface area contributed by atoms with E-state index in [4.69, 9.17) is 4.74 Å². The molecular formula is C14H17FN2O3S2. The minimum atomic E-state index is -3.85. The third kappa shape index (κ3) is 3.29. The highest BCUT2D eigenvalue weighted by Crippen LogP contribution is 2.28. The van der Waals surface area contributed by atoms with Crippen LogP contribution < -0.4 is 9.46 Å². The first kappa shape index (κ1) is 16.9. The highest BCUT2D eigenvalue weighted by Gasteiger charge is 2.25. The zero-order valence-corrected chi connectivity index (χ0v) is 14.1. The van der Waals surface area contributed by atoms with E-state index in [1.165, 1.54) is 37.5 Å². The summed E-state index contributed by atoms with van der Waals surface area (Å²) in [5.74, 6) is -0.656. The molecule has 1 N–H and O–H groups in total. The van der Waals surface area contributed by atoms with E-state index in [1.54, 1.807) is 11.6 Å². The largest absolute Gasteiger partial charge is 0.494 e. The molecule has 0 radical (unpaired) electrons. The highest BCUT2D eigenvalue weighted by molar-refractivity contribution is 7.89. The van der Waals surface area contributed by atoms with E-state index in [0.717, 1.165) is 0 Å². The molecule has 0 fully saturated rings. The number of rotatable bonds is 6. The molecule has 1 aromatic carbocycles. The molecule has 2 rings (SSSR count). The van der Waals surface area contributed by atoms with Crippen molar-refractivity contribution < 1.29 is 17.5 Å². The van der Waals surface area contributed by atoms with Crippen LogP contribution in [0, 0.1) is 12.7 Å². The van der Waals surface area contributed by atoms with Gasteiger partial charge in [0.1, 0.15) is 5.01 Å². The van der Waals surface area contributed by atoms with Gasteiger partial charge < -0.3 is 4.74 Å². The van der Waals surface area contributed by atoms with Crippen molar-refractivity contribution in [1.82, 2.24) is 9.71 Å². The summed E-state index contributed by atoms with van der Waals surface area (Å²) in [6.07, 6.45) is 2.17. The number of ether oxygens (including phenoxy) is 1. The van der Waals surface area contributed by atoms with Gasteiger partial charge in [0.25, 0.3) is 0 Å². The van der Waals surface area contributed by atoms with E-state index in [1.807, 2.05) is 6.92 Å². The van der Waals surface area contributed by atoms with Gasteiger partial charge in [-0.15, -0.1) is 11.3 Å². The van der Waals surface area contributed by atoms with Crippen LogP contribution in [0.1, 0.15) is 30.0 Å². The Hall–Kier alpha value is -1.51. The second-order valence-corrected chi connectivity index (χ2v) is 7.27. The quantitative estimate of drug-likeness (QED) is 0.874. The van der Waals surface area contributed by atoms with Crippen LogP contribution in [0.4, 0.5) is 4.39 Å². The number of benzene rings is 1. The molecule has 1 atom stereocenters. The second kappa shape index (κ2) is 6.72.